The zero-order valence-corrected chi connectivity index (χ0v) is 12.9. The van der Waals surface area contributed by atoms with E-state index in [0.29, 0.717) is 0 Å². The lowest BCUT2D eigenvalue weighted by molar-refractivity contribution is -0.139. The Hall–Kier alpha value is -2.86. The van der Waals surface area contributed by atoms with Gasteiger partial charge >= 0.3 is 12.1 Å². The van der Waals surface area contributed by atoms with Crippen LogP contribution in [0.1, 0.15) is 17.0 Å². The molecule has 1 amide bonds. The lowest BCUT2D eigenvalue weighted by Gasteiger charge is -2.16. The summed E-state index contributed by atoms with van der Waals surface area (Å²) in [6, 6.07) is 14.8. The number of aliphatic carboxylic acids is 1. The molecule has 0 radical (unpaired) electrons. The first-order valence-corrected chi connectivity index (χ1v) is 7.66. The number of benzene rings is 2. The van der Waals surface area contributed by atoms with Crippen LogP contribution in [0.4, 0.5) is 4.79 Å². The van der Waals surface area contributed by atoms with Gasteiger partial charge in [0.05, 0.1) is 0 Å². The summed E-state index contributed by atoms with van der Waals surface area (Å²) in [5.74, 6) is -1.25. The Morgan fingerprint density at radius 2 is 1.62 bits per heavy atom. The molecule has 3 rings (SSSR count). The van der Waals surface area contributed by atoms with Crippen molar-refractivity contribution in [2.24, 2.45) is 5.73 Å². The lowest BCUT2D eigenvalue weighted by Crippen LogP contribution is -2.46. The van der Waals surface area contributed by atoms with Crippen molar-refractivity contribution in [3.63, 3.8) is 0 Å². The molecule has 0 saturated carbocycles. The van der Waals surface area contributed by atoms with Crippen molar-refractivity contribution in [2.45, 2.75) is 12.0 Å². The molecule has 1 aliphatic rings. The number of rotatable bonds is 5. The molecule has 24 heavy (non-hydrogen) atoms. The van der Waals surface area contributed by atoms with Crippen LogP contribution in [0.25, 0.3) is 11.1 Å². The third-order valence-electron chi connectivity index (χ3n) is 4.17. The molecule has 2 aromatic carbocycles. The molecule has 0 heterocycles. The van der Waals surface area contributed by atoms with Crippen LogP contribution in [-0.2, 0) is 9.53 Å². The van der Waals surface area contributed by atoms with E-state index in [1.54, 1.807) is 0 Å². The molecule has 0 fully saturated rings. The van der Waals surface area contributed by atoms with E-state index in [2.05, 4.69) is 5.32 Å². The summed E-state index contributed by atoms with van der Waals surface area (Å²) in [5.41, 5.74) is 9.77. The molecule has 1 aliphatic carbocycles. The molecular weight excluding hydrogens is 308 g/mol. The fraction of sp³-hybridized carbons (Fsp3) is 0.222. The average Bonchev–Trinajstić information content (AvgIpc) is 2.91. The van der Waals surface area contributed by atoms with Gasteiger partial charge in [-0.2, -0.15) is 0 Å². The number of hydrogen-bond donors (Lipinski definition) is 3. The number of carboxylic acid groups (broad SMARTS) is 1. The molecule has 0 aromatic heterocycles. The van der Waals surface area contributed by atoms with E-state index in [4.69, 9.17) is 15.6 Å². The van der Waals surface area contributed by atoms with E-state index in [-0.39, 0.29) is 19.1 Å². The molecule has 0 aliphatic heterocycles. The molecule has 0 spiro atoms. The largest absolute Gasteiger partial charge is 0.480 e. The average molecular weight is 326 g/mol. The Bertz CT molecular complexity index is 730. The quantitative estimate of drug-likeness (QED) is 0.779. The standard InChI is InChI=1S/C18H18N2O4/c19-9-16(17(21)22)20-18(23)24-10-15-13-7-3-1-5-11(13)12-6-2-4-8-14(12)15/h1-8,15-16H,9-10,19H2,(H,20,23)(H,21,22). The first-order valence-electron chi connectivity index (χ1n) is 7.66. The third-order valence-corrected chi connectivity index (χ3v) is 4.17. The minimum absolute atomic E-state index is 0.0655. The smallest absolute Gasteiger partial charge is 0.407 e. The molecule has 0 bridgehead atoms. The van der Waals surface area contributed by atoms with E-state index in [1.165, 1.54) is 0 Å². The highest BCUT2D eigenvalue weighted by Gasteiger charge is 2.29. The number of carbonyl (C=O) groups excluding carboxylic acids is 1. The summed E-state index contributed by atoms with van der Waals surface area (Å²) in [7, 11) is 0. The van der Waals surface area contributed by atoms with Gasteiger partial charge in [0.15, 0.2) is 0 Å². The van der Waals surface area contributed by atoms with E-state index < -0.39 is 18.1 Å². The van der Waals surface area contributed by atoms with Crippen molar-refractivity contribution >= 4 is 12.1 Å². The summed E-state index contributed by atoms with van der Waals surface area (Å²) < 4.78 is 5.25. The maximum Gasteiger partial charge on any atom is 0.407 e. The van der Waals surface area contributed by atoms with Gasteiger partial charge in [0, 0.05) is 12.5 Å². The SMILES string of the molecule is NCC(NC(=O)OCC1c2ccccc2-c2ccccc21)C(=O)O. The van der Waals surface area contributed by atoms with E-state index >= 15 is 0 Å². The highest BCUT2D eigenvalue weighted by molar-refractivity contribution is 5.81. The summed E-state index contributed by atoms with van der Waals surface area (Å²) in [4.78, 5) is 22.7. The molecule has 6 heteroatoms. The first kappa shape index (κ1) is 16.0. The number of nitrogens with two attached hydrogens (primary N) is 1. The summed E-state index contributed by atoms with van der Waals surface area (Å²) >= 11 is 0. The minimum atomic E-state index is -1.19. The summed E-state index contributed by atoms with van der Waals surface area (Å²) in [5, 5.41) is 11.2. The third kappa shape index (κ3) is 2.96. The predicted octanol–water partition coefficient (Wildman–Crippen LogP) is 1.94. The van der Waals surface area contributed by atoms with E-state index in [0.717, 1.165) is 22.3 Å². The fourth-order valence-corrected chi connectivity index (χ4v) is 3.00. The van der Waals surface area contributed by atoms with Crippen molar-refractivity contribution in [2.75, 3.05) is 13.2 Å². The van der Waals surface area contributed by atoms with Crippen molar-refractivity contribution in [1.29, 1.82) is 0 Å². The summed E-state index contributed by atoms with van der Waals surface area (Å²) in [6.45, 7) is -0.0592. The Balaban J connectivity index is 1.74. The second kappa shape index (κ2) is 6.72. The van der Waals surface area contributed by atoms with Gasteiger partial charge in [0.2, 0.25) is 0 Å². The zero-order valence-electron chi connectivity index (χ0n) is 12.9. The van der Waals surface area contributed by atoms with Gasteiger partial charge in [0.1, 0.15) is 12.6 Å². The van der Waals surface area contributed by atoms with Crippen molar-refractivity contribution < 1.29 is 19.4 Å². The van der Waals surface area contributed by atoms with Crippen molar-refractivity contribution in [3.8, 4) is 11.1 Å². The number of carboxylic acids is 1. The van der Waals surface area contributed by atoms with Gasteiger partial charge in [-0.05, 0) is 22.3 Å². The topological polar surface area (TPSA) is 102 Å². The first-order chi connectivity index (χ1) is 11.6. The lowest BCUT2D eigenvalue weighted by atomic mass is 9.98. The highest BCUT2D eigenvalue weighted by atomic mass is 16.5. The second-order valence-corrected chi connectivity index (χ2v) is 5.60. The number of amides is 1. The number of nitrogens with one attached hydrogen (secondary N) is 1. The highest BCUT2D eigenvalue weighted by Crippen LogP contribution is 2.44. The van der Waals surface area contributed by atoms with Gasteiger partial charge in [-0.1, -0.05) is 48.5 Å². The molecule has 6 nitrogen and oxygen atoms in total. The fourth-order valence-electron chi connectivity index (χ4n) is 3.00. The molecule has 0 saturated heterocycles. The van der Waals surface area contributed by atoms with Crippen LogP contribution < -0.4 is 11.1 Å². The Kier molecular flexibility index (Phi) is 4.48. The van der Waals surface area contributed by atoms with Gasteiger partial charge in [-0.3, -0.25) is 0 Å². The van der Waals surface area contributed by atoms with E-state index in [9.17, 15) is 9.59 Å². The molecular formula is C18H18N2O4. The van der Waals surface area contributed by atoms with Crippen LogP contribution in [0.15, 0.2) is 48.5 Å². The Morgan fingerprint density at radius 3 is 2.12 bits per heavy atom. The normalized spacial score (nSPS) is 13.7. The van der Waals surface area contributed by atoms with E-state index in [1.807, 2.05) is 48.5 Å². The number of fused-ring (bicyclic) bond motifs is 3. The van der Waals surface area contributed by atoms with Crippen LogP contribution in [0.5, 0.6) is 0 Å². The molecule has 124 valence electrons. The maximum absolute atomic E-state index is 11.8. The number of carbonyl (C=O) groups is 2. The van der Waals surface area contributed by atoms with Crippen LogP contribution in [0, 0.1) is 0 Å². The van der Waals surface area contributed by atoms with Crippen LogP contribution in [0.2, 0.25) is 0 Å². The van der Waals surface area contributed by atoms with Gasteiger partial charge in [-0.25, -0.2) is 9.59 Å². The van der Waals surface area contributed by atoms with Gasteiger partial charge in [-0.15, -0.1) is 0 Å². The summed E-state index contributed by atoms with van der Waals surface area (Å²) in [6.07, 6.45) is -0.783. The monoisotopic (exact) mass is 326 g/mol. The number of ether oxygens (including phenoxy) is 1. The Morgan fingerprint density at radius 1 is 1.08 bits per heavy atom. The molecule has 1 unspecified atom stereocenters. The number of hydrogen-bond acceptors (Lipinski definition) is 4. The molecule has 1 atom stereocenters. The van der Waals surface area contributed by atoms with Crippen molar-refractivity contribution in [3.05, 3.63) is 59.7 Å². The maximum atomic E-state index is 11.8. The predicted molar refractivity (Wildman–Crippen MR) is 88.7 cm³/mol. The van der Waals surface area contributed by atoms with Crippen LogP contribution >= 0.6 is 0 Å². The number of alkyl carbamates (subject to hydrolysis) is 1. The van der Waals surface area contributed by atoms with Crippen LogP contribution in [-0.4, -0.2) is 36.4 Å². The molecule has 4 N–H and O–H groups in total. The van der Waals surface area contributed by atoms with Gasteiger partial charge < -0.3 is 20.9 Å². The molecule has 2 aromatic rings. The minimum Gasteiger partial charge on any atom is -0.480 e. The zero-order chi connectivity index (χ0) is 17.1. The second-order valence-electron chi connectivity index (χ2n) is 5.60. The van der Waals surface area contributed by atoms with Crippen molar-refractivity contribution in [1.82, 2.24) is 5.32 Å². The van der Waals surface area contributed by atoms with Gasteiger partial charge in [0.25, 0.3) is 0 Å². The van der Waals surface area contributed by atoms with Crippen LogP contribution in [0.3, 0.4) is 0 Å². The Labute approximate surface area is 139 Å².